The Morgan fingerprint density at radius 3 is 2.73 bits per heavy atom. The van der Waals surface area contributed by atoms with Gasteiger partial charge in [-0.1, -0.05) is 18.2 Å². The molecule has 1 heterocycles. The number of hydrogen-bond acceptors (Lipinski definition) is 4. The number of fused-ring (bicyclic) bond motifs is 1. The van der Waals surface area contributed by atoms with Crippen LogP contribution in [0.2, 0.25) is 0 Å². The molecule has 0 bridgehead atoms. The van der Waals surface area contributed by atoms with Gasteiger partial charge in [-0.15, -0.1) is 0 Å². The predicted octanol–water partition coefficient (Wildman–Crippen LogP) is 1.42. The Labute approximate surface area is 83.9 Å². The molecule has 1 aromatic carbocycles. The fraction of sp³-hybridized carbons (Fsp3) is 0. The van der Waals surface area contributed by atoms with Crippen molar-refractivity contribution in [2.75, 3.05) is 0 Å². The van der Waals surface area contributed by atoms with E-state index in [0.717, 1.165) is 0 Å². The lowest BCUT2D eigenvalue weighted by molar-refractivity contribution is 0.0689. The summed E-state index contributed by atoms with van der Waals surface area (Å²) in [7, 11) is 0. The number of aromatic carboxylic acids is 1. The number of rotatable bonds is 1. The van der Waals surface area contributed by atoms with Crippen molar-refractivity contribution in [3.05, 3.63) is 41.4 Å². The standard InChI is InChI=1S/C10H7NO4/c12-10(13)7-5-6-3-1-2-4-8(6)15-9(7)11-14/h1-5,14H,(H,12,13)/b11-9-. The third kappa shape index (κ3) is 1.54. The Morgan fingerprint density at radius 2 is 2.07 bits per heavy atom. The summed E-state index contributed by atoms with van der Waals surface area (Å²) in [5.74, 6) is -1.20. The van der Waals surface area contributed by atoms with Crippen molar-refractivity contribution in [2.45, 2.75) is 0 Å². The molecule has 15 heavy (non-hydrogen) atoms. The molecular formula is C10H7NO4. The zero-order valence-corrected chi connectivity index (χ0v) is 7.54. The van der Waals surface area contributed by atoms with Gasteiger partial charge in [-0.05, 0) is 17.3 Å². The minimum absolute atomic E-state index is 0.170. The average Bonchev–Trinajstić information content (AvgIpc) is 2.27. The summed E-state index contributed by atoms with van der Waals surface area (Å²) in [6.45, 7) is 0. The van der Waals surface area contributed by atoms with Gasteiger partial charge in [0.2, 0.25) is 0 Å². The van der Waals surface area contributed by atoms with Gasteiger partial charge in [0.05, 0.1) is 0 Å². The quantitative estimate of drug-likeness (QED) is 0.544. The van der Waals surface area contributed by atoms with Crippen LogP contribution in [0.1, 0.15) is 10.4 Å². The van der Waals surface area contributed by atoms with E-state index in [9.17, 15) is 4.79 Å². The normalized spacial score (nSPS) is 11.9. The van der Waals surface area contributed by atoms with E-state index in [0.29, 0.717) is 11.0 Å². The second kappa shape index (κ2) is 3.45. The Hall–Kier alpha value is -2.30. The average molecular weight is 205 g/mol. The first kappa shape index (κ1) is 9.26. The highest BCUT2D eigenvalue weighted by Crippen LogP contribution is 2.12. The van der Waals surface area contributed by atoms with Gasteiger partial charge >= 0.3 is 5.97 Å². The third-order valence-electron chi connectivity index (χ3n) is 1.98. The summed E-state index contributed by atoms with van der Waals surface area (Å²) in [4.78, 5) is 10.8. The van der Waals surface area contributed by atoms with Crippen LogP contribution in [-0.2, 0) is 0 Å². The molecule has 76 valence electrons. The van der Waals surface area contributed by atoms with E-state index < -0.39 is 5.97 Å². The lowest BCUT2D eigenvalue weighted by Crippen LogP contribution is -2.14. The van der Waals surface area contributed by atoms with Crippen LogP contribution in [0, 0.1) is 0 Å². The van der Waals surface area contributed by atoms with Gasteiger partial charge in [0.1, 0.15) is 11.1 Å². The van der Waals surface area contributed by atoms with Crippen LogP contribution in [-0.4, -0.2) is 16.3 Å². The van der Waals surface area contributed by atoms with Crippen LogP contribution in [0.3, 0.4) is 0 Å². The molecule has 5 heteroatoms. The van der Waals surface area contributed by atoms with E-state index >= 15 is 0 Å². The largest absolute Gasteiger partial charge is 0.477 e. The van der Waals surface area contributed by atoms with E-state index in [2.05, 4.69) is 5.16 Å². The van der Waals surface area contributed by atoms with Gasteiger partial charge in [0.25, 0.3) is 5.55 Å². The van der Waals surface area contributed by atoms with Gasteiger partial charge in [-0.3, -0.25) is 0 Å². The van der Waals surface area contributed by atoms with Crippen molar-refractivity contribution in [1.82, 2.24) is 0 Å². The molecule has 0 saturated carbocycles. The van der Waals surface area contributed by atoms with Gasteiger partial charge in [0.15, 0.2) is 0 Å². The second-order valence-electron chi connectivity index (χ2n) is 2.91. The lowest BCUT2D eigenvalue weighted by Gasteiger charge is -1.98. The topological polar surface area (TPSA) is 83.0 Å². The number of hydrogen-bond donors (Lipinski definition) is 2. The Bertz CT molecular complexity index is 585. The summed E-state index contributed by atoms with van der Waals surface area (Å²) in [5, 5.41) is 20.9. The van der Waals surface area contributed by atoms with Gasteiger partial charge < -0.3 is 14.7 Å². The molecule has 1 aromatic heterocycles. The molecule has 0 atom stereocenters. The fourth-order valence-electron chi connectivity index (χ4n) is 1.30. The number of carboxylic acids is 1. The Morgan fingerprint density at radius 1 is 1.33 bits per heavy atom. The van der Waals surface area contributed by atoms with E-state index in [4.69, 9.17) is 14.7 Å². The van der Waals surface area contributed by atoms with Crippen LogP contribution in [0.5, 0.6) is 0 Å². The highest BCUT2D eigenvalue weighted by molar-refractivity contribution is 5.91. The highest BCUT2D eigenvalue weighted by Gasteiger charge is 2.10. The lowest BCUT2D eigenvalue weighted by atomic mass is 10.2. The maximum absolute atomic E-state index is 10.8. The zero-order valence-electron chi connectivity index (χ0n) is 7.54. The molecule has 0 spiro atoms. The smallest absolute Gasteiger partial charge is 0.341 e. The number of benzene rings is 1. The van der Waals surface area contributed by atoms with E-state index in [-0.39, 0.29) is 11.1 Å². The van der Waals surface area contributed by atoms with E-state index in [1.54, 1.807) is 24.3 Å². The first-order valence-corrected chi connectivity index (χ1v) is 4.16. The second-order valence-corrected chi connectivity index (χ2v) is 2.91. The molecule has 2 rings (SSSR count). The van der Waals surface area contributed by atoms with Crippen LogP contribution >= 0.6 is 0 Å². The van der Waals surface area contributed by atoms with Crippen LogP contribution in [0.25, 0.3) is 11.0 Å². The predicted molar refractivity (Wildman–Crippen MR) is 50.5 cm³/mol. The summed E-state index contributed by atoms with van der Waals surface area (Å²) < 4.78 is 5.11. The summed E-state index contributed by atoms with van der Waals surface area (Å²) in [5.41, 5.74) is -0.00676. The van der Waals surface area contributed by atoms with Crippen LogP contribution in [0.4, 0.5) is 0 Å². The maximum atomic E-state index is 10.8. The molecule has 0 radical (unpaired) electrons. The van der Waals surface area contributed by atoms with Crippen molar-refractivity contribution < 1.29 is 19.5 Å². The molecule has 0 saturated heterocycles. The minimum Gasteiger partial charge on any atom is -0.477 e. The summed E-state index contributed by atoms with van der Waals surface area (Å²) >= 11 is 0. The molecule has 2 aromatic rings. The zero-order chi connectivity index (χ0) is 10.8. The molecule has 0 aliphatic carbocycles. The van der Waals surface area contributed by atoms with Crippen molar-refractivity contribution in [2.24, 2.45) is 5.16 Å². The molecular weight excluding hydrogens is 198 g/mol. The van der Waals surface area contributed by atoms with Gasteiger partial charge in [0, 0.05) is 5.39 Å². The number of carboxylic acid groups (broad SMARTS) is 1. The number of carbonyl (C=O) groups is 1. The van der Waals surface area contributed by atoms with E-state index in [1.807, 2.05) is 0 Å². The molecule has 0 unspecified atom stereocenters. The fourth-order valence-corrected chi connectivity index (χ4v) is 1.30. The number of nitrogens with zero attached hydrogens (tertiary/aromatic N) is 1. The Kier molecular flexibility index (Phi) is 2.13. The molecule has 2 N–H and O–H groups in total. The van der Waals surface area contributed by atoms with Gasteiger partial charge in [-0.2, -0.15) is 0 Å². The first-order valence-electron chi connectivity index (χ1n) is 4.16. The maximum Gasteiger partial charge on any atom is 0.341 e. The monoisotopic (exact) mass is 205 g/mol. The Balaban J connectivity index is 2.87. The molecule has 0 aliphatic heterocycles. The van der Waals surface area contributed by atoms with E-state index in [1.165, 1.54) is 6.07 Å². The molecule has 0 aliphatic rings. The molecule has 0 amide bonds. The first-order chi connectivity index (χ1) is 7.22. The van der Waals surface area contributed by atoms with Crippen LogP contribution < -0.4 is 5.55 Å². The van der Waals surface area contributed by atoms with Crippen molar-refractivity contribution in [3.8, 4) is 0 Å². The summed E-state index contributed by atoms with van der Waals surface area (Å²) in [6, 6.07) is 8.28. The highest BCUT2D eigenvalue weighted by atomic mass is 16.5. The SMILES string of the molecule is O=C(O)c1cc2ccccc2o/c1=N\O. The van der Waals surface area contributed by atoms with Crippen LogP contribution in [0.15, 0.2) is 39.9 Å². The molecule has 5 nitrogen and oxygen atoms in total. The minimum atomic E-state index is -1.20. The summed E-state index contributed by atoms with van der Waals surface area (Å²) in [6.07, 6.45) is 0. The van der Waals surface area contributed by atoms with Crippen molar-refractivity contribution >= 4 is 16.9 Å². The van der Waals surface area contributed by atoms with Gasteiger partial charge in [-0.25, -0.2) is 4.79 Å². The number of para-hydroxylation sites is 1. The molecule has 0 fully saturated rings. The van der Waals surface area contributed by atoms with Crippen molar-refractivity contribution in [3.63, 3.8) is 0 Å². The van der Waals surface area contributed by atoms with Crippen molar-refractivity contribution in [1.29, 1.82) is 0 Å². The third-order valence-corrected chi connectivity index (χ3v) is 1.98.